The molecule has 1 unspecified atom stereocenters. The number of nitrogens with zero attached hydrogens (tertiary/aromatic N) is 5. The number of hydrogen-bond acceptors (Lipinski definition) is 8. The van der Waals surface area contributed by atoms with Crippen LogP contribution in [0.15, 0.2) is 47.1 Å². The van der Waals surface area contributed by atoms with Crippen LogP contribution in [0.2, 0.25) is 0 Å². The molecule has 156 valence electrons. The SMILES string of the molecule is Oc1ccccc1CN1CCCC1c1nc(-c2ccc(N3CCOCC3)nc2)no1. The van der Waals surface area contributed by atoms with Gasteiger partial charge < -0.3 is 19.3 Å². The maximum Gasteiger partial charge on any atom is 0.244 e. The Labute approximate surface area is 175 Å². The van der Waals surface area contributed by atoms with Crippen LogP contribution < -0.4 is 4.90 Å². The molecular weight excluding hydrogens is 382 g/mol. The van der Waals surface area contributed by atoms with Crippen molar-refractivity contribution in [3.63, 3.8) is 0 Å². The van der Waals surface area contributed by atoms with E-state index in [1.54, 1.807) is 12.3 Å². The number of anilines is 1. The summed E-state index contributed by atoms with van der Waals surface area (Å²) in [5.74, 6) is 2.44. The highest BCUT2D eigenvalue weighted by atomic mass is 16.5. The van der Waals surface area contributed by atoms with Crippen LogP contribution in [0.25, 0.3) is 11.4 Å². The second-order valence-electron chi connectivity index (χ2n) is 7.72. The first-order valence-electron chi connectivity index (χ1n) is 10.4. The molecule has 8 heteroatoms. The lowest BCUT2D eigenvalue weighted by Gasteiger charge is -2.27. The molecule has 8 nitrogen and oxygen atoms in total. The predicted molar refractivity (Wildman–Crippen MR) is 111 cm³/mol. The molecule has 0 radical (unpaired) electrons. The summed E-state index contributed by atoms with van der Waals surface area (Å²) < 4.78 is 11.0. The predicted octanol–water partition coefficient (Wildman–Crippen LogP) is 3.01. The van der Waals surface area contributed by atoms with Crippen molar-refractivity contribution < 1.29 is 14.4 Å². The van der Waals surface area contributed by atoms with Gasteiger partial charge in [0.25, 0.3) is 0 Å². The first-order chi connectivity index (χ1) is 14.8. The van der Waals surface area contributed by atoms with Crippen molar-refractivity contribution in [1.82, 2.24) is 20.0 Å². The molecule has 0 aliphatic carbocycles. The average Bonchev–Trinajstić information content (AvgIpc) is 3.46. The van der Waals surface area contributed by atoms with Crippen LogP contribution in [-0.4, -0.2) is 58.0 Å². The highest BCUT2D eigenvalue weighted by Crippen LogP contribution is 2.34. The number of likely N-dealkylation sites (tertiary alicyclic amines) is 1. The summed E-state index contributed by atoms with van der Waals surface area (Å²) in [5.41, 5.74) is 1.75. The van der Waals surface area contributed by atoms with Crippen LogP contribution in [0, 0.1) is 0 Å². The van der Waals surface area contributed by atoms with E-state index in [9.17, 15) is 5.11 Å². The van der Waals surface area contributed by atoms with E-state index in [1.165, 1.54) is 0 Å². The molecule has 2 aromatic heterocycles. The average molecular weight is 407 g/mol. The first kappa shape index (κ1) is 19.0. The molecule has 30 heavy (non-hydrogen) atoms. The second kappa shape index (κ2) is 8.41. The largest absolute Gasteiger partial charge is 0.508 e. The summed E-state index contributed by atoms with van der Waals surface area (Å²) in [5, 5.41) is 14.3. The van der Waals surface area contributed by atoms with E-state index in [4.69, 9.17) is 9.26 Å². The molecule has 0 spiro atoms. The van der Waals surface area contributed by atoms with Crippen molar-refractivity contribution in [2.45, 2.75) is 25.4 Å². The van der Waals surface area contributed by atoms with E-state index >= 15 is 0 Å². The monoisotopic (exact) mass is 407 g/mol. The molecule has 3 aromatic rings. The number of hydrogen-bond donors (Lipinski definition) is 1. The maximum absolute atomic E-state index is 10.1. The zero-order chi connectivity index (χ0) is 20.3. The molecule has 1 atom stereocenters. The molecule has 0 amide bonds. The van der Waals surface area contributed by atoms with Gasteiger partial charge in [-0.1, -0.05) is 23.4 Å². The van der Waals surface area contributed by atoms with Gasteiger partial charge in [0.05, 0.1) is 19.3 Å². The van der Waals surface area contributed by atoms with Gasteiger partial charge in [-0.2, -0.15) is 4.98 Å². The lowest BCUT2D eigenvalue weighted by molar-refractivity contribution is 0.122. The Kier molecular flexibility index (Phi) is 5.33. The van der Waals surface area contributed by atoms with E-state index in [0.29, 0.717) is 24.0 Å². The standard InChI is InChI=1S/C22H25N5O3/c28-19-6-2-1-4-17(19)15-27-9-3-5-18(27)22-24-21(25-30-22)16-7-8-20(23-14-16)26-10-12-29-13-11-26/h1-2,4,6-8,14,18,28H,3,5,9-13,15H2. The molecule has 1 aromatic carbocycles. The number of aromatic nitrogens is 3. The van der Waals surface area contributed by atoms with Gasteiger partial charge in [0.2, 0.25) is 11.7 Å². The molecule has 2 aliphatic rings. The molecule has 2 saturated heterocycles. The first-order valence-corrected chi connectivity index (χ1v) is 10.4. The fourth-order valence-corrected chi connectivity index (χ4v) is 4.14. The van der Waals surface area contributed by atoms with Gasteiger partial charge in [-0.05, 0) is 37.6 Å². The van der Waals surface area contributed by atoms with Crippen LogP contribution >= 0.6 is 0 Å². The molecule has 0 saturated carbocycles. The minimum Gasteiger partial charge on any atom is -0.508 e. The molecule has 2 aliphatic heterocycles. The minimum atomic E-state index is 0.0615. The molecule has 0 bridgehead atoms. The van der Waals surface area contributed by atoms with Crippen molar-refractivity contribution in [2.75, 3.05) is 37.7 Å². The summed E-state index contributed by atoms with van der Waals surface area (Å²) in [6.07, 6.45) is 3.82. The van der Waals surface area contributed by atoms with E-state index in [0.717, 1.165) is 62.6 Å². The number of aromatic hydroxyl groups is 1. The lowest BCUT2D eigenvalue weighted by Crippen LogP contribution is -2.36. The Balaban J connectivity index is 1.30. The van der Waals surface area contributed by atoms with E-state index in [-0.39, 0.29) is 6.04 Å². The zero-order valence-electron chi connectivity index (χ0n) is 16.8. The minimum absolute atomic E-state index is 0.0615. The molecular formula is C22H25N5O3. The number of morpholine rings is 1. The van der Waals surface area contributed by atoms with Crippen molar-refractivity contribution in [3.05, 3.63) is 54.0 Å². The molecule has 1 N–H and O–H groups in total. The summed E-state index contributed by atoms with van der Waals surface area (Å²) in [6, 6.07) is 11.5. The number of phenols is 1. The van der Waals surface area contributed by atoms with Gasteiger partial charge in [-0.3, -0.25) is 4.90 Å². The van der Waals surface area contributed by atoms with Crippen molar-refractivity contribution in [2.24, 2.45) is 0 Å². The fraction of sp³-hybridized carbons (Fsp3) is 0.409. The third kappa shape index (κ3) is 3.88. The Morgan fingerprint density at radius 1 is 1.07 bits per heavy atom. The molecule has 4 heterocycles. The van der Waals surface area contributed by atoms with Gasteiger partial charge in [-0.15, -0.1) is 0 Å². The number of phenolic OH excluding ortho intramolecular Hbond substituents is 1. The fourth-order valence-electron chi connectivity index (χ4n) is 4.14. The highest BCUT2D eigenvalue weighted by molar-refractivity contribution is 5.56. The Morgan fingerprint density at radius 2 is 1.93 bits per heavy atom. The van der Waals surface area contributed by atoms with Gasteiger partial charge >= 0.3 is 0 Å². The van der Waals surface area contributed by atoms with Gasteiger partial charge in [0.15, 0.2) is 0 Å². The van der Waals surface area contributed by atoms with Crippen molar-refractivity contribution in [1.29, 1.82) is 0 Å². The Morgan fingerprint density at radius 3 is 2.73 bits per heavy atom. The van der Waals surface area contributed by atoms with E-state index in [1.807, 2.05) is 30.3 Å². The van der Waals surface area contributed by atoms with Crippen LogP contribution in [0.5, 0.6) is 5.75 Å². The normalized spacial score (nSPS) is 20.0. The van der Waals surface area contributed by atoms with Crippen LogP contribution in [0.4, 0.5) is 5.82 Å². The quantitative estimate of drug-likeness (QED) is 0.691. The van der Waals surface area contributed by atoms with Gasteiger partial charge in [-0.25, -0.2) is 4.98 Å². The van der Waals surface area contributed by atoms with E-state index < -0.39 is 0 Å². The van der Waals surface area contributed by atoms with Crippen LogP contribution in [-0.2, 0) is 11.3 Å². The summed E-state index contributed by atoms with van der Waals surface area (Å²) in [7, 11) is 0. The number of para-hydroxylation sites is 1. The topological polar surface area (TPSA) is 87.8 Å². The summed E-state index contributed by atoms with van der Waals surface area (Å²) >= 11 is 0. The zero-order valence-corrected chi connectivity index (χ0v) is 16.8. The second-order valence-corrected chi connectivity index (χ2v) is 7.72. The third-order valence-electron chi connectivity index (χ3n) is 5.80. The van der Waals surface area contributed by atoms with Crippen molar-refractivity contribution in [3.8, 4) is 17.1 Å². The highest BCUT2D eigenvalue weighted by Gasteiger charge is 2.31. The molecule has 2 fully saturated rings. The maximum atomic E-state index is 10.1. The van der Waals surface area contributed by atoms with Gasteiger partial charge in [0, 0.05) is 37.0 Å². The Bertz CT molecular complexity index is 984. The number of pyridine rings is 1. The number of rotatable bonds is 5. The van der Waals surface area contributed by atoms with Crippen molar-refractivity contribution >= 4 is 5.82 Å². The number of ether oxygens (including phenoxy) is 1. The van der Waals surface area contributed by atoms with Crippen LogP contribution in [0.3, 0.4) is 0 Å². The summed E-state index contributed by atoms with van der Waals surface area (Å²) in [6.45, 7) is 4.77. The van der Waals surface area contributed by atoms with Crippen LogP contribution in [0.1, 0.15) is 30.3 Å². The summed E-state index contributed by atoms with van der Waals surface area (Å²) in [4.78, 5) is 13.7. The smallest absolute Gasteiger partial charge is 0.244 e. The van der Waals surface area contributed by atoms with E-state index in [2.05, 4.69) is 24.9 Å². The lowest BCUT2D eigenvalue weighted by atomic mass is 10.1. The molecule has 5 rings (SSSR count). The van der Waals surface area contributed by atoms with Gasteiger partial charge in [0.1, 0.15) is 11.6 Å². The third-order valence-corrected chi connectivity index (χ3v) is 5.80. The Hall–Kier alpha value is -2.97. The number of benzene rings is 1.